The fourth-order valence-corrected chi connectivity index (χ4v) is 2.03. The van der Waals surface area contributed by atoms with Crippen molar-refractivity contribution in [3.05, 3.63) is 52.4 Å². The Morgan fingerprint density at radius 3 is 2.59 bits per heavy atom. The highest BCUT2D eigenvalue weighted by Crippen LogP contribution is 2.12. The number of pyridine rings is 2. The van der Waals surface area contributed by atoms with Gasteiger partial charge in [-0.1, -0.05) is 29.3 Å². The van der Waals surface area contributed by atoms with E-state index in [2.05, 4.69) is 15.3 Å². The molecule has 1 N–H and O–H groups in total. The highest BCUT2D eigenvalue weighted by Gasteiger charge is 2.18. The molecule has 7 heteroatoms. The Morgan fingerprint density at radius 2 is 2.00 bits per heavy atom. The van der Waals surface area contributed by atoms with Gasteiger partial charge in [0.15, 0.2) is 0 Å². The van der Waals surface area contributed by atoms with Crippen molar-refractivity contribution in [2.75, 3.05) is 12.4 Å². The first-order valence-electron chi connectivity index (χ1n) is 6.69. The molecule has 116 valence electrons. The van der Waals surface area contributed by atoms with Crippen LogP contribution >= 0.6 is 23.2 Å². The van der Waals surface area contributed by atoms with Gasteiger partial charge in [0.2, 0.25) is 5.91 Å². The van der Waals surface area contributed by atoms with Gasteiger partial charge < -0.3 is 5.32 Å². The number of halogens is 2. The summed E-state index contributed by atoms with van der Waals surface area (Å²) in [5.41, 5.74) is 0.983. The molecule has 2 heterocycles. The molecule has 22 heavy (non-hydrogen) atoms. The van der Waals surface area contributed by atoms with Crippen molar-refractivity contribution < 1.29 is 4.79 Å². The molecule has 5 nitrogen and oxygen atoms in total. The molecule has 1 atom stereocenters. The van der Waals surface area contributed by atoms with Crippen LogP contribution in [0.4, 0.5) is 5.82 Å². The largest absolute Gasteiger partial charge is 0.309 e. The maximum Gasteiger partial charge on any atom is 0.242 e. The number of nitrogens with one attached hydrogen (secondary N) is 1. The van der Waals surface area contributed by atoms with Gasteiger partial charge in [-0.25, -0.2) is 9.97 Å². The maximum atomic E-state index is 12.2. The predicted octanol–water partition coefficient (Wildman–Crippen LogP) is 3.24. The second-order valence-corrected chi connectivity index (χ2v) is 5.75. The molecule has 0 saturated heterocycles. The van der Waals surface area contributed by atoms with E-state index in [0.29, 0.717) is 22.5 Å². The van der Waals surface area contributed by atoms with Gasteiger partial charge in [-0.05, 0) is 37.7 Å². The van der Waals surface area contributed by atoms with E-state index < -0.39 is 0 Å². The van der Waals surface area contributed by atoms with E-state index in [0.717, 1.165) is 5.56 Å². The normalized spacial score (nSPS) is 12.2. The molecule has 1 amide bonds. The predicted molar refractivity (Wildman–Crippen MR) is 88.1 cm³/mol. The molecule has 2 aromatic heterocycles. The number of hydrogen-bond acceptors (Lipinski definition) is 4. The van der Waals surface area contributed by atoms with E-state index in [1.54, 1.807) is 24.4 Å². The second-order valence-electron chi connectivity index (χ2n) is 4.93. The lowest BCUT2D eigenvalue weighted by atomic mass is 10.2. The first-order chi connectivity index (χ1) is 10.5. The molecular weight excluding hydrogens is 323 g/mol. The third-order valence-electron chi connectivity index (χ3n) is 3.24. The number of aromatic nitrogens is 2. The zero-order chi connectivity index (χ0) is 16.1. The zero-order valence-corrected chi connectivity index (χ0v) is 13.8. The van der Waals surface area contributed by atoms with E-state index in [1.807, 2.05) is 24.9 Å². The van der Waals surface area contributed by atoms with Gasteiger partial charge in [0.05, 0.1) is 11.1 Å². The molecule has 0 fully saturated rings. The van der Waals surface area contributed by atoms with Crippen LogP contribution in [0.3, 0.4) is 0 Å². The third-order valence-corrected chi connectivity index (χ3v) is 3.69. The molecule has 2 aromatic rings. The van der Waals surface area contributed by atoms with Gasteiger partial charge in [-0.2, -0.15) is 0 Å². The van der Waals surface area contributed by atoms with Crippen molar-refractivity contribution in [2.45, 2.75) is 19.5 Å². The Morgan fingerprint density at radius 1 is 1.23 bits per heavy atom. The molecule has 0 radical (unpaired) electrons. The van der Waals surface area contributed by atoms with Gasteiger partial charge in [0.1, 0.15) is 11.0 Å². The summed E-state index contributed by atoms with van der Waals surface area (Å²) in [6, 6.07) is 6.63. The lowest BCUT2D eigenvalue weighted by Gasteiger charge is -2.23. The summed E-state index contributed by atoms with van der Waals surface area (Å²) >= 11 is 11.5. The van der Waals surface area contributed by atoms with Crippen molar-refractivity contribution in [3.8, 4) is 0 Å². The van der Waals surface area contributed by atoms with Crippen LogP contribution in [0.1, 0.15) is 12.5 Å². The van der Waals surface area contributed by atoms with Gasteiger partial charge in [0, 0.05) is 18.9 Å². The van der Waals surface area contributed by atoms with Crippen LogP contribution in [0, 0.1) is 0 Å². The number of hydrogen-bond donors (Lipinski definition) is 1. The molecule has 0 bridgehead atoms. The van der Waals surface area contributed by atoms with Crippen LogP contribution in [0.15, 0.2) is 36.7 Å². The van der Waals surface area contributed by atoms with Gasteiger partial charge in [-0.15, -0.1) is 0 Å². The summed E-state index contributed by atoms with van der Waals surface area (Å²) in [5.74, 6) is 0.335. The Bertz CT molecular complexity index is 631. The van der Waals surface area contributed by atoms with E-state index in [4.69, 9.17) is 23.2 Å². The monoisotopic (exact) mass is 338 g/mol. The summed E-state index contributed by atoms with van der Waals surface area (Å²) < 4.78 is 0. The van der Waals surface area contributed by atoms with E-state index in [-0.39, 0.29) is 11.9 Å². The summed E-state index contributed by atoms with van der Waals surface area (Å²) in [4.78, 5) is 22.2. The number of carbonyl (C=O) groups excluding carboxylic acids is 1. The minimum Gasteiger partial charge on any atom is -0.309 e. The van der Waals surface area contributed by atoms with Gasteiger partial charge >= 0.3 is 0 Å². The Kier molecular flexibility index (Phi) is 5.71. The number of nitrogens with zero attached hydrogens (tertiary/aromatic N) is 3. The number of amides is 1. The van der Waals surface area contributed by atoms with Crippen molar-refractivity contribution in [1.29, 1.82) is 0 Å². The lowest BCUT2D eigenvalue weighted by Crippen LogP contribution is -2.39. The minimum atomic E-state index is -0.326. The van der Waals surface area contributed by atoms with Crippen LogP contribution in [0.25, 0.3) is 0 Å². The van der Waals surface area contributed by atoms with Crippen molar-refractivity contribution in [2.24, 2.45) is 0 Å². The van der Waals surface area contributed by atoms with Crippen molar-refractivity contribution >= 4 is 34.9 Å². The molecule has 0 saturated carbocycles. The highest BCUT2D eigenvalue weighted by atomic mass is 35.5. The number of anilines is 1. The number of rotatable bonds is 5. The fourth-order valence-electron chi connectivity index (χ4n) is 1.81. The first kappa shape index (κ1) is 16.7. The van der Waals surface area contributed by atoms with Crippen LogP contribution in [-0.4, -0.2) is 33.9 Å². The molecule has 0 unspecified atom stereocenters. The quantitative estimate of drug-likeness (QED) is 0.850. The van der Waals surface area contributed by atoms with Crippen LogP contribution in [-0.2, 0) is 11.3 Å². The summed E-state index contributed by atoms with van der Waals surface area (Å²) in [7, 11) is 1.87. The Balaban J connectivity index is 1.94. The minimum absolute atomic E-state index is 0.140. The number of carbonyl (C=O) groups is 1. The average Bonchev–Trinajstić information content (AvgIpc) is 2.51. The molecular formula is C15H16Cl2N4O. The lowest BCUT2D eigenvalue weighted by molar-refractivity contribution is -0.120. The Labute approximate surface area is 139 Å². The summed E-state index contributed by atoms with van der Waals surface area (Å²) in [5, 5.41) is 3.73. The fraction of sp³-hybridized carbons (Fsp3) is 0.267. The molecule has 0 spiro atoms. The zero-order valence-electron chi connectivity index (χ0n) is 12.3. The van der Waals surface area contributed by atoms with Crippen LogP contribution in [0.2, 0.25) is 10.2 Å². The average molecular weight is 339 g/mol. The smallest absolute Gasteiger partial charge is 0.242 e. The SMILES string of the molecule is C[C@@H](C(=O)Nc1ccc(Cl)cn1)N(C)Cc1ccc(Cl)nc1. The summed E-state index contributed by atoms with van der Waals surface area (Å²) in [6.07, 6.45) is 3.19. The van der Waals surface area contributed by atoms with Crippen LogP contribution < -0.4 is 5.32 Å². The van der Waals surface area contributed by atoms with E-state index in [1.165, 1.54) is 6.20 Å². The topological polar surface area (TPSA) is 58.1 Å². The molecule has 0 aromatic carbocycles. The molecule has 0 aliphatic heterocycles. The molecule has 0 aliphatic rings. The molecule has 2 rings (SSSR count). The van der Waals surface area contributed by atoms with Crippen LogP contribution in [0.5, 0.6) is 0 Å². The highest BCUT2D eigenvalue weighted by molar-refractivity contribution is 6.30. The van der Waals surface area contributed by atoms with Gasteiger partial charge in [0.25, 0.3) is 0 Å². The maximum absolute atomic E-state index is 12.2. The van der Waals surface area contributed by atoms with E-state index in [9.17, 15) is 4.79 Å². The summed E-state index contributed by atoms with van der Waals surface area (Å²) in [6.45, 7) is 2.42. The standard InChI is InChI=1S/C15H16Cl2N4O/c1-10(15(22)20-14-6-4-12(16)8-19-14)21(2)9-11-3-5-13(17)18-7-11/h3-8,10H,9H2,1-2H3,(H,19,20,22)/t10-/m0/s1. The third kappa shape index (κ3) is 4.66. The van der Waals surface area contributed by atoms with Gasteiger partial charge in [-0.3, -0.25) is 9.69 Å². The second kappa shape index (κ2) is 7.54. The molecule has 0 aliphatic carbocycles. The Hall–Kier alpha value is -1.69. The number of likely N-dealkylation sites (N-methyl/N-ethyl adjacent to an activating group) is 1. The van der Waals surface area contributed by atoms with E-state index >= 15 is 0 Å². The van der Waals surface area contributed by atoms with Crippen molar-refractivity contribution in [1.82, 2.24) is 14.9 Å². The first-order valence-corrected chi connectivity index (χ1v) is 7.44. The van der Waals surface area contributed by atoms with Crippen molar-refractivity contribution in [3.63, 3.8) is 0 Å².